The molecule has 0 spiro atoms. The molecule has 2 aliphatic rings. The molecule has 1 N–H and O–H groups in total. The molecule has 0 unspecified atom stereocenters. The van der Waals surface area contributed by atoms with Gasteiger partial charge >= 0.3 is 0 Å². The maximum absolute atomic E-state index is 6.52. The van der Waals surface area contributed by atoms with Crippen LogP contribution in [0.3, 0.4) is 0 Å². The Bertz CT molecular complexity index is 1310. The zero-order chi connectivity index (χ0) is 24.3. The third-order valence-corrected chi connectivity index (χ3v) is 6.62. The van der Waals surface area contributed by atoms with Crippen LogP contribution in [0.1, 0.15) is 25.7 Å². The van der Waals surface area contributed by atoms with E-state index >= 15 is 0 Å². The molecular formula is C24H28N10O2. The molecule has 12 heteroatoms. The lowest BCUT2D eigenvalue weighted by atomic mass is 9.93. The van der Waals surface area contributed by atoms with E-state index in [1.54, 1.807) is 31.8 Å². The molecule has 1 aromatic carbocycles. The highest BCUT2D eigenvalue weighted by Gasteiger charge is 2.25. The van der Waals surface area contributed by atoms with E-state index in [0.29, 0.717) is 17.8 Å². The van der Waals surface area contributed by atoms with Crippen LogP contribution in [0.2, 0.25) is 0 Å². The van der Waals surface area contributed by atoms with Gasteiger partial charge in [-0.3, -0.25) is 4.98 Å². The van der Waals surface area contributed by atoms with Gasteiger partial charge in [0.2, 0.25) is 11.8 Å². The summed E-state index contributed by atoms with van der Waals surface area (Å²) in [6.45, 7) is 3.19. The standard InChI is InChI=1S/C24H28N10O2/c1-33-31-23(30-32-33)16-14-27-24(28-15-16)29-17-2-4-19(5-3-17)36-21-13-18(34-8-10-35-11-9-34)12-20-22(21)26-7-6-25-20/h6-7,12-15,17,19H,2-5,8-11H2,1H3,(H,27,28,29). The number of anilines is 2. The van der Waals surface area contributed by atoms with Crippen LogP contribution in [-0.2, 0) is 11.8 Å². The molecule has 1 saturated heterocycles. The maximum Gasteiger partial charge on any atom is 0.222 e. The minimum Gasteiger partial charge on any atom is -0.488 e. The Morgan fingerprint density at radius 2 is 1.75 bits per heavy atom. The van der Waals surface area contributed by atoms with Gasteiger partial charge in [0.25, 0.3) is 0 Å². The van der Waals surface area contributed by atoms with Crippen molar-refractivity contribution in [2.75, 3.05) is 36.5 Å². The normalized spacial score (nSPS) is 20.4. The Morgan fingerprint density at radius 3 is 2.50 bits per heavy atom. The molecule has 4 heterocycles. The zero-order valence-electron chi connectivity index (χ0n) is 20.1. The number of aryl methyl sites for hydroxylation is 1. The molecule has 1 saturated carbocycles. The second-order valence-electron chi connectivity index (χ2n) is 9.10. The molecule has 0 radical (unpaired) electrons. The molecule has 0 atom stereocenters. The van der Waals surface area contributed by atoms with Gasteiger partial charge in [0, 0.05) is 55.7 Å². The fraction of sp³-hybridized carbons (Fsp3) is 0.458. The van der Waals surface area contributed by atoms with Crippen molar-refractivity contribution in [3.63, 3.8) is 0 Å². The van der Waals surface area contributed by atoms with Gasteiger partial charge in [-0.2, -0.15) is 4.80 Å². The molecule has 1 aliphatic carbocycles. The van der Waals surface area contributed by atoms with E-state index in [4.69, 9.17) is 9.47 Å². The number of nitrogens with one attached hydrogen (secondary N) is 1. The molecule has 2 fully saturated rings. The van der Waals surface area contributed by atoms with Gasteiger partial charge < -0.3 is 19.7 Å². The third-order valence-electron chi connectivity index (χ3n) is 6.62. The SMILES string of the molecule is Cn1nnc(-c2cnc(NC3CCC(Oc4cc(N5CCOCC5)cc5nccnc45)CC3)nc2)n1. The highest BCUT2D eigenvalue weighted by atomic mass is 16.5. The zero-order valence-corrected chi connectivity index (χ0v) is 20.1. The Balaban J connectivity index is 1.09. The third kappa shape index (κ3) is 4.89. The highest BCUT2D eigenvalue weighted by Crippen LogP contribution is 2.33. The van der Waals surface area contributed by atoms with Gasteiger partial charge in [-0.15, -0.1) is 10.2 Å². The molecule has 36 heavy (non-hydrogen) atoms. The molecule has 3 aromatic heterocycles. The molecule has 6 rings (SSSR count). The van der Waals surface area contributed by atoms with Crippen molar-refractivity contribution >= 4 is 22.7 Å². The second-order valence-corrected chi connectivity index (χ2v) is 9.10. The molecule has 186 valence electrons. The van der Waals surface area contributed by atoms with Crippen LogP contribution in [-0.4, -0.2) is 78.6 Å². The quantitative estimate of drug-likeness (QED) is 0.429. The van der Waals surface area contributed by atoms with Crippen LogP contribution in [0.4, 0.5) is 11.6 Å². The van der Waals surface area contributed by atoms with Crippen LogP contribution in [0.5, 0.6) is 5.75 Å². The summed E-state index contributed by atoms with van der Waals surface area (Å²) in [7, 11) is 1.73. The summed E-state index contributed by atoms with van der Waals surface area (Å²) in [4.78, 5) is 21.7. The van der Waals surface area contributed by atoms with Crippen molar-refractivity contribution in [3.8, 4) is 17.1 Å². The number of aromatic nitrogens is 8. The fourth-order valence-corrected chi connectivity index (χ4v) is 4.73. The minimum absolute atomic E-state index is 0.124. The minimum atomic E-state index is 0.124. The molecule has 4 aromatic rings. The molecule has 0 amide bonds. The van der Waals surface area contributed by atoms with Gasteiger partial charge in [-0.1, -0.05) is 0 Å². The number of tetrazole rings is 1. The number of nitrogens with zero attached hydrogens (tertiary/aromatic N) is 9. The lowest BCUT2D eigenvalue weighted by molar-refractivity contribution is 0.122. The van der Waals surface area contributed by atoms with Gasteiger partial charge in [0.15, 0.2) is 0 Å². The predicted octanol–water partition coefficient (Wildman–Crippen LogP) is 2.25. The van der Waals surface area contributed by atoms with E-state index in [1.165, 1.54) is 4.80 Å². The first-order valence-corrected chi connectivity index (χ1v) is 12.3. The van der Waals surface area contributed by atoms with Gasteiger partial charge in [-0.25, -0.2) is 15.0 Å². The van der Waals surface area contributed by atoms with Crippen molar-refractivity contribution in [1.82, 2.24) is 40.1 Å². The summed E-state index contributed by atoms with van der Waals surface area (Å²) in [6.07, 6.45) is 10.8. The summed E-state index contributed by atoms with van der Waals surface area (Å²) in [5, 5.41) is 15.5. The average Bonchev–Trinajstić information content (AvgIpc) is 3.37. The fourth-order valence-electron chi connectivity index (χ4n) is 4.73. The average molecular weight is 489 g/mol. The van der Waals surface area contributed by atoms with Crippen molar-refractivity contribution < 1.29 is 9.47 Å². The maximum atomic E-state index is 6.52. The monoisotopic (exact) mass is 488 g/mol. The van der Waals surface area contributed by atoms with Crippen molar-refractivity contribution in [2.45, 2.75) is 37.8 Å². The topological polar surface area (TPSA) is 129 Å². The summed E-state index contributed by atoms with van der Waals surface area (Å²) in [6, 6.07) is 4.49. The van der Waals surface area contributed by atoms with Crippen LogP contribution in [0, 0.1) is 0 Å². The number of ether oxygens (including phenoxy) is 2. The van der Waals surface area contributed by atoms with Crippen LogP contribution in [0.15, 0.2) is 36.9 Å². The van der Waals surface area contributed by atoms with E-state index in [-0.39, 0.29) is 6.10 Å². The highest BCUT2D eigenvalue weighted by molar-refractivity contribution is 5.85. The van der Waals surface area contributed by atoms with Gasteiger partial charge in [0.1, 0.15) is 11.3 Å². The molecule has 0 bridgehead atoms. The van der Waals surface area contributed by atoms with E-state index < -0.39 is 0 Å². The molecule has 1 aliphatic heterocycles. The van der Waals surface area contributed by atoms with Crippen LogP contribution >= 0.6 is 0 Å². The predicted molar refractivity (Wildman–Crippen MR) is 133 cm³/mol. The largest absolute Gasteiger partial charge is 0.488 e. The van der Waals surface area contributed by atoms with E-state index in [1.807, 2.05) is 0 Å². The number of hydrogen-bond donors (Lipinski definition) is 1. The van der Waals surface area contributed by atoms with E-state index in [9.17, 15) is 0 Å². The number of hydrogen-bond acceptors (Lipinski definition) is 11. The summed E-state index contributed by atoms with van der Waals surface area (Å²) in [5.41, 5.74) is 3.50. The lowest BCUT2D eigenvalue weighted by Gasteiger charge is -2.31. The van der Waals surface area contributed by atoms with Crippen LogP contribution in [0.25, 0.3) is 22.4 Å². The van der Waals surface area contributed by atoms with E-state index in [2.05, 4.69) is 57.7 Å². The summed E-state index contributed by atoms with van der Waals surface area (Å²) < 4.78 is 12.0. The van der Waals surface area contributed by atoms with E-state index in [0.717, 1.165) is 80.0 Å². The summed E-state index contributed by atoms with van der Waals surface area (Å²) in [5.74, 6) is 1.91. The molecule has 12 nitrogen and oxygen atoms in total. The number of fused-ring (bicyclic) bond motifs is 1. The van der Waals surface area contributed by atoms with Crippen molar-refractivity contribution in [1.29, 1.82) is 0 Å². The van der Waals surface area contributed by atoms with Crippen molar-refractivity contribution in [3.05, 3.63) is 36.9 Å². The second kappa shape index (κ2) is 9.97. The lowest BCUT2D eigenvalue weighted by Crippen LogP contribution is -2.36. The van der Waals surface area contributed by atoms with Crippen molar-refractivity contribution in [2.24, 2.45) is 7.05 Å². The Morgan fingerprint density at radius 1 is 0.972 bits per heavy atom. The Hall–Kier alpha value is -3.93. The number of rotatable bonds is 6. The number of benzene rings is 1. The first-order chi connectivity index (χ1) is 17.7. The van der Waals surface area contributed by atoms with Crippen LogP contribution < -0.4 is 15.0 Å². The molecular weight excluding hydrogens is 460 g/mol. The Labute approximate surface area is 208 Å². The summed E-state index contributed by atoms with van der Waals surface area (Å²) >= 11 is 0. The van der Waals surface area contributed by atoms with Gasteiger partial charge in [-0.05, 0) is 37.0 Å². The smallest absolute Gasteiger partial charge is 0.222 e. The first kappa shape index (κ1) is 22.5. The number of morpholine rings is 1. The first-order valence-electron chi connectivity index (χ1n) is 12.3. The Kier molecular flexibility index (Phi) is 6.24. The van der Waals surface area contributed by atoms with Gasteiger partial charge in [0.05, 0.1) is 37.4 Å².